The monoisotopic (exact) mass is 292 g/mol. The van der Waals surface area contributed by atoms with Crippen molar-refractivity contribution < 1.29 is 10.0 Å². The molecule has 1 fully saturated rings. The molecular weight excluding hydrogens is 272 g/mol. The third-order valence-electron chi connectivity index (χ3n) is 4.32. The summed E-state index contributed by atoms with van der Waals surface area (Å²) < 4.78 is 0. The maximum absolute atomic E-state index is 12.6. The number of thiophene rings is 1. The molecule has 2 aliphatic rings. The molecule has 1 atom stereocenters. The molecular formula is C15H20N2O2S. The number of rotatable bonds is 1. The first-order valence-corrected chi connectivity index (χ1v) is 8.12. The van der Waals surface area contributed by atoms with Crippen molar-refractivity contribution in [1.29, 1.82) is 0 Å². The van der Waals surface area contributed by atoms with Crippen LogP contribution in [0.15, 0.2) is 11.2 Å². The zero-order valence-corrected chi connectivity index (χ0v) is 12.6. The minimum absolute atomic E-state index is 0.146. The SMILES string of the molecule is CC1CN(C(=O)c2cc3c(s2)CCCC3)CCC1=NO. The van der Waals surface area contributed by atoms with E-state index in [1.165, 1.54) is 23.3 Å². The van der Waals surface area contributed by atoms with Crippen molar-refractivity contribution in [2.24, 2.45) is 11.1 Å². The zero-order chi connectivity index (χ0) is 14.1. The highest BCUT2D eigenvalue weighted by molar-refractivity contribution is 7.14. The molecule has 0 spiro atoms. The van der Waals surface area contributed by atoms with Gasteiger partial charge in [-0.15, -0.1) is 11.3 Å². The first-order valence-electron chi connectivity index (χ1n) is 7.30. The molecule has 2 heterocycles. The summed E-state index contributed by atoms with van der Waals surface area (Å²) in [5.74, 6) is 0.292. The summed E-state index contributed by atoms with van der Waals surface area (Å²) in [5.41, 5.74) is 2.19. The van der Waals surface area contributed by atoms with Crippen molar-refractivity contribution in [3.63, 3.8) is 0 Å². The molecule has 1 saturated heterocycles. The predicted octanol–water partition coefficient (Wildman–Crippen LogP) is 2.94. The molecule has 1 aliphatic heterocycles. The lowest BCUT2D eigenvalue weighted by molar-refractivity contribution is 0.0739. The number of nitrogens with zero attached hydrogens (tertiary/aromatic N) is 2. The van der Waals surface area contributed by atoms with Gasteiger partial charge in [0.2, 0.25) is 0 Å². The predicted molar refractivity (Wildman–Crippen MR) is 79.9 cm³/mol. The van der Waals surface area contributed by atoms with E-state index in [1.807, 2.05) is 11.8 Å². The molecule has 1 aromatic rings. The van der Waals surface area contributed by atoms with Gasteiger partial charge in [-0.1, -0.05) is 12.1 Å². The van der Waals surface area contributed by atoms with Gasteiger partial charge in [0.1, 0.15) is 0 Å². The third-order valence-corrected chi connectivity index (χ3v) is 5.55. The van der Waals surface area contributed by atoms with Gasteiger partial charge in [0.15, 0.2) is 0 Å². The van der Waals surface area contributed by atoms with Crippen molar-refractivity contribution in [3.8, 4) is 0 Å². The molecule has 0 saturated carbocycles. The fourth-order valence-corrected chi connectivity index (χ4v) is 4.33. The number of hydrogen-bond donors (Lipinski definition) is 1. The molecule has 0 radical (unpaired) electrons. The summed E-state index contributed by atoms with van der Waals surface area (Å²) >= 11 is 1.67. The molecule has 0 aromatic carbocycles. The van der Waals surface area contributed by atoms with Crippen molar-refractivity contribution in [3.05, 3.63) is 21.4 Å². The largest absolute Gasteiger partial charge is 0.411 e. The van der Waals surface area contributed by atoms with Gasteiger partial charge >= 0.3 is 0 Å². The summed E-state index contributed by atoms with van der Waals surface area (Å²) in [6, 6.07) is 2.10. The van der Waals surface area contributed by atoms with E-state index in [9.17, 15) is 4.79 Å². The van der Waals surface area contributed by atoms with E-state index in [-0.39, 0.29) is 11.8 Å². The quantitative estimate of drug-likeness (QED) is 0.639. The Balaban J connectivity index is 1.74. The van der Waals surface area contributed by atoms with E-state index >= 15 is 0 Å². The molecule has 1 amide bonds. The molecule has 1 aliphatic carbocycles. The highest BCUT2D eigenvalue weighted by Crippen LogP contribution is 2.31. The number of carbonyl (C=O) groups is 1. The van der Waals surface area contributed by atoms with E-state index in [4.69, 9.17) is 5.21 Å². The first-order chi connectivity index (χ1) is 9.69. The van der Waals surface area contributed by atoms with E-state index in [0.29, 0.717) is 19.5 Å². The van der Waals surface area contributed by atoms with Gasteiger partial charge in [-0.05, 0) is 37.3 Å². The number of hydrogen-bond acceptors (Lipinski definition) is 4. The van der Waals surface area contributed by atoms with Crippen LogP contribution in [-0.4, -0.2) is 34.8 Å². The molecule has 3 rings (SSSR count). The highest BCUT2D eigenvalue weighted by Gasteiger charge is 2.28. The number of likely N-dealkylation sites (tertiary alicyclic amines) is 1. The van der Waals surface area contributed by atoms with Crippen molar-refractivity contribution in [2.75, 3.05) is 13.1 Å². The van der Waals surface area contributed by atoms with E-state index < -0.39 is 0 Å². The molecule has 108 valence electrons. The lowest BCUT2D eigenvalue weighted by Gasteiger charge is -2.31. The second-order valence-electron chi connectivity index (χ2n) is 5.76. The minimum atomic E-state index is 0.146. The summed E-state index contributed by atoms with van der Waals surface area (Å²) in [6.45, 7) is 3.32. The van der Waals surface area contributed by atoms with Gasteiger partial charge in [0, 0.05) is 30.3 Å². The van der Waals surface area contributed by atoms with Crippen LogP contribution in [0.5, 0.6) is 0 Å². The van der Waals surface area contributed by atoms with Gasteiger partial charge in [-0.2, -0.15) is 0 Å². The van der Waals surface area contributed by atoms with E-state index in [0.717, 1.165) is 23.4 Å². The van der Waals surface area contributed by atoms with Crippen LogP contribution in [-0.2, 0) is 12.8 Å². The smallest absolute Gasteiger partial charge is 0.263 e. The summed E-state index contributed by atoms with van der Waals surface area (Å²) in [4.78, 5) is 16.8. The molecule has 1 N–H and O–H groups in total. The van der Waals surface area contributed by atoms with Gasteiger partial charge in [-0.3, -0.25) is 4.79 Å². The fraction of sp³-hybridized carbons (Fsp3) is 0.600. The topological polar surface area (TPSA) is 52.9 Å². The van der Waals surface area contributed by atoms with Gasteiger partial charge < -0.3 is 10.1 Å². The fourth-order valence-electron chi connectivity index (χ4n) is 3.11. The van der Waals surface area contributed by atoms with Crippen LogP contribution < -0.4 is 0 Å². The van der Waals surface area contributed by atoms with Crippen LogP contribution in [0.25, 0.3) is 0 Å². The standard InChI is InChI=1S/C15H20N2O2S/c1-10-9-17(7-6-12(10)16-19)15(18)14-8-11-4-2-3-5-13(11)20-14/h8,10,19H,2-7,9H2,1H3. The van der Waals surface area contributed by atoms with Crippen molar-refractivity contribution in [2.45, 2.75) is 39.0 Å². The Kier molecular flexibility index (Phi) is 3.78. The maximum Gasteiger partial charge on any atom is 0.263 e. The number of fused-ring (bicyclic) bond motifs is 1. The van der Waals surface area contributed by atoms with E-state index in [2.05, 4.69) is 11.2 Å². The van der Waals surface area contributed by atoms with Crippen LogP contribution in [0.1, 0.15) is 46.3 Å². The molecule has 1 unspecified atom stereocenters. The average Bonchev–Trinajstić information content (AvgIpc) is 2.90. The summed E-state index contributed by atoms with van der Waals surface area (Å²) in [7, 11) is 0. The van der Waals surface area contributed by atoms with Crippen molar-refractivity contribution >= 4 is 23.0 Å². The van der Waals surface area contributed by atoms with Gasteiger partial charge in [-0.25, -0.2) is 0 Å². The van der Waals surface area contributed by atoms with E-state index in [1.54, 1.807) is 11.3 Å². The third kappa shape index (κ3) is 2.46. The summed E-state index contributed by atoms with van der Waals surface area (Å²) in [5, 5.41) is 12.2. The van der Waals surface area contributed by atoms with Crippen LogP contribution >= 0.6 is 11.3 Å². The highest BCUT2D eigenvalue weighted by atomic mass is 32.1. The molecule has 5 heteroatoms. The number of carbonyl (C=O) groups excluding carboxylic acids is 1. The molecule has 0 bridgehead atoms. The molecule has 1 aromatic heterocycles. The van der Waals surface area contributed by atoms with Crippen LogP contribution in [0.2, 0.25) is 0 Å². The number of piperidine rings is 1. The number of aryl methyl sites for hydroxylation is 2. The Bertz CT molecular complexity index is 527. The number of oxime groups is 1. The normalized spacial score (nSPS) is 24.8. The lowest BCUT2D eigenvalue weighted by atomic mass is 9.97. The Labute approximate surface area is 123 Å². The second kappa shape index (κ2) is 5.56. The van der Waals surface area contributed by atoms with Crippen LogP contribution in [0.4, 0.5) is 0 Å². The Morgan fingerprint density at radius 3 is 2.90 bits per heavy atom. The maximum atomic E-state index is 12.6. The Morgan fingerprint density at radius 2 is 2.20 bits per heavy atom. The zero-order valence-electron chi connectivity index (χ0n) is 11.8. The van der Waals surface area contributed by atoms with Gasteiger partial charge in [0.25, 0.3) is 5.91 Å². The van der Waals surface area contributed by atoms with Gasteiger partial charge in [0.05, 0.1) is 10.6 Å². The van der Waals surface area contributed by atoms with Crippen molar-refractivity contribution in [1.82, 2.24) is 4.90 Å². The Morgan fingerprint density at radius 1 is 1.40 bits per heavy atom. The lowest BCUT2D eigenvalue weighted by Crippen LogP contribution is -2.43. The number of amides is 1. The summed E-state index contributed by atoms with van der Waals surface area (Å²) in [6.07, 6.45) is 5.42. The second-order valence-corrected chi connectivity index (χ2v) is 6.90. The molecule has 20 heavy (non-hydrogen) atoms. The van der Waals surface area contributed by atoms with Crippen LogP contribution in [0, 0.1) is 5.92 Å². The van der Waals surface area contributed by atoms with Crippen LogP contribution in [0.3, 0.4) is 0 Å². The Hall–Kier alpha value is -1.36. The molecule has 4 nitrogen and oxygen atoms in total. The first kappa shape index (κ1) is 13.6. The minimum Gasteiger partial charge on any atom is -0.411 e. The average molecular weight is 292 g/mol.